The van der Waals surface area contributed by atoms with E-state index in [1.165, 1.54) is 47.0 Å². The van der Waals surface area contributed by atoms with E-state index >= 15 is 0 Å². The van der Waals surface area contributed by atoms with E-state index < -0.39 is 58.5 Å². The van der Waals surface area contributed by atoms with Crippen LogP contribution in [0.4, 0.5) is 10.9 Å². The van der Waals surface area contributed by atoms with Gasteiger partial charge in [-0.25, -0.2) is 19.1 Å². The summed E-state index contributed by atoms with van der Waals surface area (Å²) in [5, 5.41) is 37.1. The molecule has 0 radical (unpaired) electrons. The van der Waals surface area contributed by atoms with Gasteiger partial charge in [-0.3, -0.25) is 14.5 Å². The molecule has 2 amide bonds. The summed E-state index contributed by atoms with van der Waals surface area (Å²) in [6, 6.07) is 10.7. The van der Waals surface area contributed by atoms with Gasteiger partial charge in [0.2, 0.25) is 11.9 Å². The van der Waals surface area contributed by atoms with Crippen LogP contribution in [0.25, 0.3) is 0 Å². The maximum absolute atomic E-state index is 13.8. The third kappa shape index (κ3) is 8.53. The number of carboxylic acid groups (broad SMARTS) is 1. The van der Waals surface area contributed by atoms with Crippen molar-refractivity contribution in [3.8, 4) is 17.2 Å². The number of carbonyl (C=O) groups excluding carboxylic acids is 3. The van der Waals surface area contributed by atoms with Crippen LogP contribution in [0, 0.1) is 0 Å². The lowest BCUT2D eigenvalue weighted by Crippen LogP contribution is -2.71. The van der Waals surface area contributed by atoms with Gasteiger partial charge in [0.15, 0.2) is 22.3 Å². The Morgan fingerprint density at radius 1 is 1.13 bits per heavy atom. The monoisotopic (exact) mass is 809 g/mol. The lowest BCUT2D eigenvalue weighted by molar-refractivity contribution is -0.713. The topological polar surface area (TPSA) is 266 Å². The van der Waals surface area contributed by atoms with Crippen LogP contribution in [0.1, 0.15) is 22.9 Å². The molecule has 0 unspecified atom stereocenters. The quantitative estimate of drug-likeness (QED) is 0.0155. The van der Waals surface area contributed by atoms with E-state index in [4.69, 9.17) is 25.8 Å². The highest BCUT2D eigenvalue weighted by molar-refractivity contribution is 8.01. The Morgan fingerprint density at radius 3 is 2.56 bits per heavy atom. The number of methoxy groups -OCH3 is 1. The molecule has 1 saturated heterocycles. The SMILES string of the molecule is COc1ccc(COC(=O)C2=C(CSc3nc(N)cc[n+]3C)CS[C@@H]3[C@H](NC(=O)/C(=N\O[C@H](C(=O)O)c4ccc(O)c(O)c4)c4csc(N)n4)C(=O)N23)cc1. The van der Waals surface area contributed by atoms with Gasteiger partial charge in [0.1, 0.15) is 35.2 Å². The number of anilines is 2. The number of esters is 1. The van der Waals surface area contributed by atoms with E-state index in [-0.39, 0.29) is 34.4 Å². The Morgan fingerprint density at radius 2 is 1.89 bits per heavy atom. The number of nitrogen functional groups attached to an aromatic ring is 2. The van der Waals surface area contributed by atoms with E-state index in [1.807, 2.05) is 0 Å². The highest BCUT2D eigenvalue weighted by Crippen LogP contribution is 2.42. The molecule has 2 aromatic heterocycles. The predicted octanol–water partition coefficient (Wildman–Crippen LogP) is 1.68. The van der Waals surface area contributed by atoms with Crippen molar-refractivity contribution in [3.05, 3.63) is 88.2 Å². The molecule has 18 nitrogen and oxygen atoms in total. The molecule has 2 aliphatic rings. The lowest BCUT2D eigenvalue weighted by Gasteiger charge is -2.49. The van der Waals surface area contributed by atoms with Gasteiger partial charge in [-0.1, -0.05) is 23.4 Å². The van der Waals surface area contributed by atoms with E-state index in [9.17, 15) is 34.5 Å². The molecule has 55 heavy (non-hydrogen) atoms. The maximum Gasteiger partial charge on any atom is 0.361 e. The van der Waals surface area contributed by atoms with Gasteiger partial charge in [0.25, 0.3) is 11.8 Å². The minimum absolute atomic E-state index is 0.0396. The number of fused-ring (bicyclic) bond motifs is 1. The van der Waals surface area contributed by atoms with Crippen LogP contribution < -0.4 is 26.1 Å². The van der Waals surface area contributed by atoms with E-state index in [2.05, 4.69) is 20.4 Å². The molecule has 1 fully saturated rings. The zero-order valence-electron chi connectivity index (χ0n) is 28.9. The van der Waals surface area contributed by atoms with E-state index in [0.717, 1.165) is 23.5 Å². The number of aryl methyl sites for hydroxylation is 1. The molecule has 2 aliphatic heterocycles. The van der Waals surface area contributed by atoms with Gasteiger partial charge in [-0.2, -0.15) is 0 Å². The number of rotatable bonds is 14. The average molecular weight is 810 g/mol. The fourth-order valence-corrected chi connectivity index (χ4v) is 8.35. The number of aliphatic carboxylic acids is 1. The van der Waals surface area contributed by atoms with Gasteiger partial charge in [0.05, 0.1) is 20.4 Å². The van der Waals surface area contributed by atoms with Crippen molar-refractivity contribution in [1.82, 2.24) is 20.2 Å². The third-order valence-corrected chi connectivity index (χ3v) is 11.3. The number of β-lactam (4-membered cyclic amide) rings is 1. The fraction of sp³-hybridized carbons (Fsp3) is 0.235. The number of phenols is 2. The molecule has 0 spiro atoms. The summed E-state index contributed by atoms with van der Waals surface area (Å²) in [6.45, 7) is -0.0871. The van der Waals surface area contributed by atoms with Crippen molar-refractivity contribution in [2.45, 2.75) is 29.3 Å². The molecule has 0 saturated carbocycles. The molecule has 6 rings (SSSR count). The number of aromatic nitrogens is 3. The van der Waals surface area contributed by atoms with Crippen LogP contribution in [-0.4, -0.2) is 89.7 Å². The number of aromatic hydroxyl groups is 2. The van der Waals surface area contributed by atoms with Gasteiger partial charge in [-0.05, 0) is 52.1 Å². The van der Waals surface area contributed by atoms with Crippen molar-refractivity contribution in [3.63, 3.8) is 0 Å². The van der Waals surface area contributed by atoms with Crippen molar-refractivity contribution in [2.24, 2.45) is 12.2 Å². The van der Waals surface area contributed by atoms with Gasteiger partial charge in [0, 0.05) is 28.5 Å². The molecule has 8 N–H and O–H groups in total. The molecular formula is C34H33N8O10S3+. The molecule has 21 heteroatoms. The van der Waals surface area contributed by atoms with E-state index in [0.29, 0.717) is 33.6 Å². The first-order chi connectivity index (χ1) is 26.3. The van der Waals surface area contributed by atoms with Gasteiger partial charge < -0.3 is 46.4 Å². The summed E-state index contributed by atoms with van der Waals surface area (Å²) >= 11 is 3.60. The zero-order chi connectivity index (χ0) is 39.4. The fourth-order valence-electron chi connectivity index (χ4n) is 5.35. The van der Waals surface area contributed by atoms with Crippen LogP contribution in [0.5, 0.6) is 17.2 Å². The molecule has 286 valence electrons. The lowest BCUT2D eigenvalue weighted by atomic mass is 10.0. The summed E-state index contributed by atoms with van der Waals surface area (Å²) in [4.78, 5) is 68.5. The molecule has 0 aliphatic carbocycles. The number of hydrogen-bond donors (Lipinski definition) is 6. The maximum atomic E-state index is 13.8. The number of carbonyl (C=O) groups is 4. The van der Waals surface area contributed by atoms with Gasteiger partial charge >= 0.3 is 17.1 Å². The Kier molecular flexibility index (Phi) is 11.6. The Bertz CT molecular complexity index is 2210. The normalized spacial score (nSPS) is 17.2. The summed E-state index contributed by atoms with van der Waals surface area (Å²) in [5.74, 6) is -3.42. The minimum atomic E-state index is -1.82. The summed E-state index contributed by atoms with van der Waals surface area (Å²) in [5.41, 5.74) is 12.4. The first-order valence-corrected chi connectivity index (χ1v) is 19.0. The number of nitrogens with one attached hydrogen (secondary N) is 1. The summed E-state index contributed by atoms with van der Waals surface area (Å²) in [6.07, 6.45) is -0.0681. The number of thiazole rings is 1. The number of nitrogens with zero attached hydrogens (tertiary/aromatic N) is 5. The number of amides is 2. The Hall–Kier alpha value is -6.06. The molecule has 0 bridgehead atoms. The molecule has 2 aromatic carbocycles. The minimum Gasteiger partial charge on any atom is -0.504 e. The first-order valence-electron chi connectivity index (χ1n) is 16.1. The number of hydrogen-bond acceptors (Lipinski definition) is 17. The van der Waals surface area contributed by atoms with Crippen LogP contribution in [0.3, 0.4) is 0 Å². The summed E-state index contributed by atoms with van der Waals surface area (Å²) in [7, 11) is 3.34. The highest BCUT2D eigenvalue weighted by Gasteiger charge is 2.55. The largest absolute Gasteiger partial charge is 0.504 e. The summed E-state index contributed by atoms with van der Waals surface area (Å²) < 4.78 is 12.7. The van der Waals surface area contributed by atoms with Crippen molar-refractivity contribution < 1.29 is 53.4 Å². The Labute approximate surface area is 324 Å². The molecular weight excluding hydrogens is 777 g/mol. The van der Waals surface area contributed by atoms with Crippen LogP contribution in [0.2, 0.25) is 0 Å². The smallest absolute Gasteiger partial charge is 0.361 e. The number of benzene rings is 2. The second-order valence-corrected chi connectivity index (χ2v) is 14.8. The molecule has 4 heterocycles. The Balaban J connectivity index is 1.24. The second-order valence-electron chi connectivity index (χ2n) is 11.9. The van der Waals surface area contributed by atoms with Crippen LogP contribution >= 0.6 is 34.9 Å². The standard InChI is InChI=1S/C34H32N8O10S3/c1-41-10-9-23(35)38-34(41)55-14-18-13-53-30-25(29(46)42(30)26(18)32(49)51-12-16-3-6-19(50-2)7-4-16)39-28(45)24(20-15-54-33(36)37-20)40-52-27(31(47)48)17-5-8-21(43)22(44)11-17/h3-11,15,25,27,30,35H,12-14H2,1-2H3,(H6,36,37,39,40,43,44,45,47,48)/p+1/t25-,27+,30-/m1/s1. The second kappa shape index (κ2) is 16.5. The van der Waals surface area contributed by atoms with Gasteiger partial charge in [-0.15, -0.1) is 23.1 Å². The predicted molar refractivity (Wildman–Crippen MR) is 200 cm³/mol. The van der Waals surface area contributed by atoms with Crippen molar-refractivity contribution >= 4 is 75.3 Å². The number of thioether (sulfide) groups is 2. The average Bonchev–Trinajstić information content (AvgIpc) is 3.60. The third-order valence-electron chi connectivity index (χ3n) is 8.18. The number of carboxylic acids is 1. The van der Waals surface area contributed by atoms with Crippen molar-refractivity contribution in [2.75, 3.05) is 30.1 Å². The van der Waals surface area contributed by atoms with Crippen molar-refractivity contribution in [1.29, 1.82) is 0 Å². The van der Waals surface area contributed by atoms with Crippen LogP contribution in [-0.2, 0) is 42.4 Å². The highest BCUT2D eigenvalue weighted by atomic mass is 32.2. The zero-order valence-corrected chi connectivity index (χ0v) is 31.4. The number of oxime groups is 1. The first kappa shape index (κ1) is 38.7. The molecule has 3 atom stereocenters. The number of phenolic OH excluding ortho intramolecular Hbond substituents is 2. The number of nitrogens with two attached hydrogens (primary N) is 2. The number of ether oxygens (including phenoxy) is 2. The van der Waals surface area contributed by atoms with E-state index in [1.54, 1.807) is 48.1 Å². The molecule has 4 aromatic rings. The van der Waals surface area contributed by atoms with Crippen LogP contribution in [0.15, 0.2) is 81.7 Å².